The molecule has 0 fully saturated rings. The van der Waals surface area contributed by atoms with Gasteiger partial charge >= 0.3 is 0 Å². The number of para-hydroxylation sites is 1. The Kier molecular flexibility index (Phi) is 4.71. The van der Waals surface area contributed by atoms with E-state index in [4.69, 9.17) is 4.74 Å². The van der Waals surface area contributed by atoms with Crippen LogP contribution in [0, 0.1) is 6.92 Å². The van der Waals surface area contributed by atoms with Crippen molar-refractivity contribution in [3.8, 4) is 5.75 Å². The monoisotopic (exact) mass is 270 g/mol. The van der Waals surface area contributed by atoms with Gasteiger partial charge in [-0.05, 0) is 38.1 Å². The van der Waals surface area contributed by atoms with E-state index in [1.165, 1.54) is 0 Å². The Morgan fingerprint density at radius 3 is 2.70 bits per heavy atom. The summed E-state index contributed by atoms with van der Waals surface area (Å²) in [6.07, 6.45) is 1.58. The van der Waals surface area contributed by atoms with Crippen molar-refractivity contribution in [2.24, 2.45) is 0 Å². The molecule has 1 atom stereocenters. The lowest BCUT2D eigenvalue weighted by Crippen LogP contribution is -2.34. The SMILES string of the molecule is Cc1ncccc1C(=O)NC[C@@H](C)Oc1ccccc1. The number of rotatable bonds is 5. The zero-order chi connectivity index (χ0) is 14.4. The lowest BCUT2D eigenvalue weighted by atomic mass is 10.2. The molecule has 0 aliphatic rings. The second-order valence-corrected chi connectivity index (χ2v) is 4.59. The number of hydrogen-bond donors (Lipinski definition) is 1. The van der Waals surface area contributed by atoms with Crippen molar-refractivity contribution in [2.45, 2.75) is 20.0 Å². The van der Waals surface area contributed by atoms with Crippen LogP contribution in [0.25, 0.3) is 0 Å². The van der Waals surface area contributed by atoms with Crippen molar-refractivity contribution in [1.29, 1.82) is 0 Å². The molecule has 0 radical (unpaired) electrons. The number of carbonyl (C=O) groups excluding carboxylic acids is 1. The van der Waals surface area contributed by atoms with Crippen molar-refractivity contribution in [3.63, 3.8) is 0 Å². The maximum atomic E-state index is 12.0. The van der Waals surface area contributed by atoms with Crippen molar-refractivity contribution >= 4 is 5.91 Å². The molecule has 0 saturated heterocycles. The minimum atomic E-state index is -0.126. The molecular weight excluding hydrogens is 252 g/mol. The largest absolute Gasteiger partial charge is 0.489 e. The van der Waals surface area contributed by atoms with Crippen LogP contribution >= 0.6 is 0 Å². The number of amides is 1. The highest BCUT2D eigenvalue weighted by Crippen LogP contribution is 2.10. The van der Waals surface area contributed by atoms with Crippen LogP contribution in [0.15, 0.2) is 48.7 Å². The molecule has 1 aromatic heterocycles. The molecule has 0 spiro atoms. The fourth-order valence-electron chi connectivity index (χ4n) is 1.83. The third-order valence-electron chi connectivity index (χ3n) is 2.88. The van der Waals surface area contributed by atoms with E-state index < -0.39 is 0 Å². The maximum absolute atomic E-state index is 12.0. The number of pyridine rings is 1. The summed E-state index contributed by atoms with van der Waals surface area (Å²) in [6, 6.07) is 13.1. The number of nitrogens with zero attached hydrogens (tertiary/aromatic N) is 1. The average Bonchev–Trinajstić information content (AvgIpc) is 2.46. The minimum absolute atomic E-state index is 0.0988. The van der Waals surface area contributed by atoms with Crippen LogP contribution in [0.1, 0.15) is 23.0 Å². The van der Waals surface area contributed by atoms with E-state index in [1.807, 2.05) is 44.2 Å². The van der Waals surface area contributed by atoms with Gasteiger partial charge in [0, 0.05) is 11.9 Å². The standard InChI is InChI=1S/C16H18N2O2/c1-12(20-14-7-4-3-5-8-14)11-18-16(19)15-9-6-10-17-13(15)2/h3-10,12H,11H2,1-2H3,(H,18,19)/t12-/m1/s1. The van der Waals surface area contributed by atoms with E-state index in [1.54, 1.807) is 18.3 Å². The number of ether oxygens (including phenoxy) is 1. The molecule has 4 nitrogen and oxygen atoms in total. The topological polar surface area (TPSA) is 51.2 Å². The molecular formula is C16H18N2O2. The first kappa shape index (κ1) is 14.1. The van der Waals surface area contributed by atoms with Crippen LogP contribution < -0.4 is 10.1 Å². The van der Waals surface area contributed by atoms with Gasteiger partial charge in [0.1, 0.15) is 11.9 Å². The molecule has 0 aliphatic carbocycles. The normalized spacial score (nSPS) is 11.7. The smallest absolute Gasteiger partial charge is 0.253 e. The Morgan fingerprint density at radius 2 is 2.00 bits per heavy atom. The van der Waals surface area contributed by atoms with Gasteiger partial charge in [0.25, 0.3) is 5.91 Å². The fraction of sp³-hybridized carbons (Fsp3) is 0.250. The molecule has 104 valence electrons. The Labute approximate surface area is 118 Å². The molecule has 1 N–H and O–H groups in total. The maximum Gasteiger partial charge on any atom is 0.253 e. The first-order valence-electron chi connectivity index (χ1n) is 6.58. The Bertz CT molecular complexity index is 570. The predicted molar refractivity (Wildman–Crippen MR) is 77.8 cm³/mol. The molecule has 2 aromatic rings. The van der Waals surface area contributed by atoms with Crippen LogP contribution in [-0.2, 0) is 0 Å². The summed E-state index contributed by atoms with van der Waals surface area (Å²) in [5.74, 6) is 0.672. The molecule has 0 saturated carbocycles. The summed E-state index contributed by atoms with van der Waals surface area (Å²) in [6.45, 7) is 4.18. The zero-order valence-electron chi connectivity index (χ0n) is 11.7. The van der Waals surface area contributed by atoms with Crippen molar-refractivity contribution in [1.82, 2.24) is 10.3 Å². The molecule has 0 unspecified atom stereocenters. The molecule has 1 aromatic carbocycles. The number of hydrogen-bond acceptors (Lipinski definition) is 3. The Balaban J connectivity index is 1.86. The first-order valence-corrected chi connectivity index (χ1v) is 6.58. The van der Waals surface area contributed by atoms with Crippen molar-refractivity contribution in [2.75, 3.05) is 6.54 Å². The molecule has 1 amide bonds. The second-order valence-electron chi connectivity index (χ2n) is 4.59. The predicted octanol–water partition coefficient (Wildman–Crippen LogP) is 2.59. The Morgan fingerprint density at radius 1 is 1.25 bits per heavy atom. The molecule has 20 heavy (non-hydrogen) atoms. The highest BCUT2D eigenvalue weighted by molar-refractivity contribution is 5.95. The van der Waals surface area contributed by atoms with Gasteiger partial charge in [0.05, 0.1) is 12.1 Å². The lowest BCUT2D eigenvalue weighted by Gasteiger charge is -2.15. The molecule has 0 bridgehead atoms. The summed E-state index contributed by atoms with van der Waals surface area (Å²) in [7, 11) is 0. The van der Waals surface area contributed by atoms with Gasteiger partial charge in [-0.25, -0.2) is 0 Å². The summed E-state index contributed by atoms with van der Waals surface area (Å²) in [5, 5.41) is 2.86. The van der Waals surface area contributed by atoms with E-state index in [9.17, 15) is 4.79 Å². The molecule has 1 heterocycles. The first-order chi connectivity index (χ1) is 9.66. The van der Waals surface area contributed by atoms with Crippen LogP contribution in [-0.4, -0.2) is 23.5 Å². The van der Waals surface area contributed by atoms with Crippen LogP contribution in [0.2, 0.25) is 0 Å². The van der Waals surface area contributed by atoms with E-state index in [0.717, 1.165) is 11.4 Å². The number of carbonyl (C=O) groups is 1. The highest BCUT2D eigenvalue weighted by atomic mass is 16.5. The Hall–Kier alpha value is -2.36. The van der Waals surface area contributed by atoms with Gasteiger partial charge in [-0.1, -0.05) is 18.2 Å². The lowest BCUT2D eigenvalue weighted by molar-refractivity contribution is 0.0931. The number of nitrogens with one attached hydrogen (secondary N) is 1. The quantitative estimate of drug-likeness (QED) is 0.908. The zero-order valence-corrected chi connectivity index (χ0v) is 11.7. The fourth-order valence-corrected chi connectivity index (χ4v) is 1.83. The summed E-state index contributed by atoms with van der Waals surface area (Å²) >= 11 is 0. The number of benzene rings is 1. The van der Waals surface area contributed by atoms with Gasteiger partial charge in [-0.15, -0.1) is 0 Å². The van der Waals surface area contributed by atoms with Gasteiger partial charge in [0.15, 0.2) is 0 Å². The van der Waals surface area contributed by atoms with Gasteiger partial charge in [-0.3, -0.25) is 9.78 Å². The molecule has 0 aliphatic heterocycles. The number of aryl methyl sites for hydroxylation is 1. The van der Waals surface area contributed by atoms with Crippen LogP contribution in [0.3, 0.4) is 0 Å². The minimum Gasteiger partial charge on any atom is -0.489 e. The third kappa shape index (κ3) is 3.82. The third-order valence-corrected chi connectivity index (χ3v) is 2.88. The van der Waals surface area contributed by atoms with Gasteiger partial charge in [-0.2, -0.15) is 0 Å². The number of aromatic nitrogens is 1. The summed E-state index contributed by atoms with van der Waals surface area (Å²) < 4.78 is 5.70. The summed E-state index contributed by atoms with van der Waals surface area (Å²) in [5.41, 5.74) is 1.32. The van der Waals surface area contributed by atoms with E-state index in [-0.39, 0.29) is 12.0 Å². The molecule has 4 heteroatoms. The van der Waals surface area contributed by atoms with E-state index in [2.05, 4.69) is 10.3 Å². The van der Waals surface area contributed by atoms with E-state index in [0.29, 0.717) is 12.1 Å². The average molecular weight is 270 g/mol. The van der Waals surface area contributed by atoms with Crippen molar-refractivity contribution < 1.29 is 9.53 Å². The van der Waals surface area contributed by atoms with Crippen molar-refractivity contribution in [3.05, 3.63) is 59.9 Å². The van der Waals surface area contributed by atoms with E-state index >= 15 is 0 Å². The van der Waals surface area contributed by atoms with Crippen LogP contribution in [0.4, 0.5) is 0 Å². The van der Waals surface area contributed by atoms with Crippen LogP contribution in [0.5, 0.6) is 5.75 Å². The van der Waals surface area contributed by atoms with Gasteiger partial charge < -0.3 is 10.1 Å². The highest BCUT2D eigenvalue weighted by Gasteiger charge is 2.11. The second kappa shape index (κ2) is 6.70. The van der Waals surface area contributed by atoms with Gasteiger partial charge in [0.2, 0.25) is 0 Å². The summed E-state index contributed by atoms with van der Waals surface area (Å²) in [4.78, 5) is 16.1. The molecule has 2 rings (SSSR count).